The lowest BCUT2D eigenvalue weighted by Gasteiger charge is -2.38. The number of hydrazine groups is 1. The number of halogens is 3. The fraction of sp³-hybridized carbons (Fsp3) is 0.476. The van der Waals surface area contributed by atoms with Crippen molar-refractivity contribution in [1.82, 2.24) is 10.4 Å². The first kappa shape index (κ1) is 19.7. The molecule has 0 aromatic heterocycles. The van der Waals surface area contributed by atoms with Gasteiger partial charge in [0.25, 0.3) is 0 Å². The minimum absolute atomic E-state index is 0.0254. The molecule has 3 rings (SSSR count). The van der Waals surface area contributed by atoms with E-state index in [1.54, 1.807) is 32.0 Å². The zero-order valence-electron chi connectivity index (χ0n) is 16.2. The van der Waals surface area contributed by atoms with Gasteiger partial charge in [-0.15, -0.1) is 0 Å². The highest BCUT2D eigenvalue weighted by atomic mass is 19.4. The Morgan fingerprint density at radius 3 is 2.15 bits per heavy atom. The van der Waals surface area contributed by atoms with Crippen LogP contribution in [-0.4, -0.2) is 22.6 Å². The van der Waals surface area contributed by atoms with Crippen LogP contribution in [0.4, 0.5) is 13.2 Å². The maximum atomic E-state index is 14.2. The van der Waals surface area contributed by atoms with Gasteiger partial charge in [-0.1, -0.05) is 57.2 Å². The van der Waals surface area contributed by atoms with Crippen LogP contribution >= 0.6 is 0 Å². The summed E-state index contributed by atoms with van der Waals surface area (Å²) in [5.41, 5.74) is 2.44. The lowest BCUT2D eigenvalue weighted by molar-refractivity contribution is -0.203. The van der Waals surface area contributed by atoms with Crippen LogP contribution in [0.3, 0.4) is 0 Å². The molecule has 1 saturated heterocycles. The number of nitrogens with zero attached hydrogens (tertiary/aromatic N) is 1. The highest BCUT2D eigenvalue weighted by Gasteiger charge is 2.53. The zero-order valence-corrected chi connectivity index (χ0v) is 16.2. The predicted molar refractivity (Wildman–Crippen MR) is 100 cm³/mol. The van der Waals surface area contributed by atoms with Gasteiger partial charge in [0, 0.05) is 12.0 Å². The number of amides is 1. The van der Waals surface area contributed by atoms with E-state index in [4.69, 9.17) is 0 Å². The largest absolute Gasteiger partial charge is 0.409 e. The van der Waals surface area contributed by atoms with Crippen molar-refractivity contribution >= 4 is 16.7 Å². The second-order valence-corrected chi connectivity index (χ2v) is 8.84. The quantitative estimate of drug-likeness (QED) is 0.773. The highest BCUT2D eigenvalue weighted by molar-refractivity contribution is 5.90. The third-order valence-electron chi connectivity index (χ3n) is 5.12. The summed E-state index contributed by atoms with van der Waals surface area (Å²) in [6.07, 6.45) is -4.52. The van der Waals surface area contributed by atoms with Gasteiger partial charge < -0.3 is 0 Å². The molecular weight excluding hydrogens is 353 g/mol. The molecule has 1 aliphatic heterocycles. The second-order valence-electron chi connectivity index (χ2n) is 8.84. The van der Waals surface area contributed by atoms with Crippen LogP contribution in [0.15, 0.2) is 36.4 Å². The van der Waals surface area contributed by atoms with Crippen LogP contribution in [0.2, 0.25) is 0 Å². The predicted octanol–water partition coefficient (Wildman–Crippen LogP) is 5.26. The lowest BCUT2D eigenvalue weighted by Crippen LogP contribution is -2.51. The Morgan fingerprint density at radius 2 is 1.63 bits per heavy atom. The number of benzene rings is 2. The number of hydrogen-bond donors (Lipinski definition) is 1. The van der Waals surface area contributed by atoms with Gasteiger partial charge in [-0.25, -0.2) is 0 Å². The fourth-order valence-electron chi connectivity index (χ4n) is 3.91. The highest BCUT2D eigenvalue weighted by Crippen LogP contribution is 2.45. The van der Waals surface area contributed by atoms with Gasteiger partial charge in [0.05, 0.1) is 0 Å². The minimum atomic E-state index is -4.54. The van der Waals surface area contributed by atoms with Crippen molar-refractivity contribution in [3.63, 3.8) is 0 Å². The van der Waals surface area contributed by atoms with E-state index in [1.165, 1.54) is 6.07 Å². The third kappa shape index (κ3) is 3.55. The standard InChI is InChI=1S/C21H25F3N2O/c1-19(2,3)16-11-7-8-13-14(16)9-6-10-15(13)18(21(22,23)24)26-20(4,5)12-17(27)25-26/h6-11,18H,12H2,1-5H3,(H,25,27)/t18-/m0/s1. The number of rotatable bonds is 2. The van der Waals surface area contributed by atoms with Crippen molar-refractivity contribution in [2.45, 2.75) is 64.2 Å². The average molecular weight is 378 g/mol. The van der Waals surface area contributed by atoms with Crippen molar-refractivity contribution < 1.29 is 18.0 Å². The molecule has 1 amide bonds. The average Bonchev–Trinajstić information content (AvgIpc) is 2.77. The van der Waals surface area contributed by atoms with Gasteiger partial charge in [-0.3, -0.25) is 10.2 Å². The van der Waals surface area contributed by atoms with E-state index in [0.717, 1.165) is 16.0 Å². The van der Waals surface area contributed by atoms with E-state index in [9.17, 15) is 18.0 Å². The number of alkyl halides is 3. The molecule has 1 atom stereocenters. The van der Waals surface area contributed by atoms with Gasteiger partial charge in [0.1, 0.15) is 0 Å². The molecule has 0 bridgehead atoms. The van der Waals surface area contributed by atoms with E-state index in [0.29, 0.717) is 5.39 Å². The molecule has 3 nitrogen and oxygen atoms in total. The summed E-state index contributed by atoms with van der Waals surface area (Å²) >= 11 is 0. The summed E-state index contributed by atoms with van der Waals surface area (Å²) in [7, 11) is 0. The molecule has 1 heterocycles. The number of hydrogen-bond acceptors (Lipinski definition) is 2. The molecule has 146 valence electrons. The molecule has 6 heteroatoms. The summed E-state index contributed by atoms with van der Waals surface area (Å²) in [6.45, 7) is 9.42. The minimum Gasteiger partial charge on any atom is -0.287 e. The molecule has 0 radical (unpaired) electrons. The van der Waals surface area contributed by atoms with Crippen molar-refractivity contribution in [3.8, 4) is 0 Å². The number of carbonyl (C=O) groups is 1. The molecule has 0 unspecified atom stereocenters. The Kier molecular flexibility index (Phi) is 4.54. The topological polar surface area (TPSA) is 32.3 Å². The first-order valence-electron chi connectivity index (χ1n) is 9.00. The van der Waals surface area contributed by atoms with Crippen molar-refractivity contribution in [3.05, 3.63) is 47.5 Å². The van der Waals surface area contributed by atoms with E-state index in [-0.39, 0.29) is 17.4 Å². The van der Waals surface area contributed by atoms with Crippen molar-refractivity contribution in [1.29, 1.82) is 0 Å². The van der Waals surface area contributed by atoms with E-state index in [2.05, 4.69) is 5.43 Å². The summed E-state index contributed by atoms with van der Waals surface area (Å²) in [4.78, 5) is 11.9. The zero-order chi connectivity index (χ0) is 20.2. The van der Waals surface area contributed by atoms with Crippen LogP contribution in [0.25, 0.3) is 10.8 Å². The smallest absolute Gasteiger partial charge is 0.287 e. The Hall–Kier alpha value is -2.08. The first-order chi connectivity index (χ1) is 12.3. The molecular formula is C21H25F3N2O. The van der Waals surface area contributed by atoms with E-state index < -0.39 is 23.7 Å². The second kappa shape index (κ2) is 6.23. The van der Waals surface area contributed by atoms with Crippen LogP contribution in [0.5, 0.6) is 0 Å². The normalized spacial score (nSPS) is 19.3. The molecule has 1 N–H and O–H groups in total. The third-order valence-corrected chi connectivity index (χ3v) is 5.12. The lowest BCUT2D eigenvalue weighted by atomic mass is 9.82. The van der Waals surface area contributed by atoms with Crippen molar-refractivity contribution in [2.24, 2.45) is 0 Å². The molecule has 27 heavy (non-hydrogen) atoms. The van der Waals surface area contributed by atoms with Crippen molar-refractivity contribution in [2.75, 3.05) is 0 Å². The summed E-state index contributed by atoms with van der Waals surface area (Å²) in [5, 5.41) is 2.43. The Bertz CT molecular complexity index is 881. The van der Waals surface area contributed by atoms with E-state index in [1.807, 2.05) is 32.9 Å². The number of nitrogens with one attached hydrogen (secondary N) is 1. The number of carbonyl (C=O) groups excluding carboxylic acids is 1. The summed E-state index contributed by atoms with van der Waals surface area (Å²) < 4.78 is 42.6. The van der Waals surface area contributed by atoms with Gasteiger partial charge >= 0.3 is 6.18 Å². The summed E-state index contributed by atoms with van der Waals surface area (Å²) in [6, 6.07) is 8.59. The molecule has 0 saturated carbocycles. The van der Waals surface area contributed by atoms with Crippen LogP contribution in [0.1, 0.15) is 58.2 Å². The Balaban J connectivity index is 2.26. The molecule has 0 aliphatic carbocycles. The molecule has 0 spiro atoms. The maximum Gasteiger partial charge on any atom is 0.409 e. The van der Waals surface area contributed by atoms with Gasteiger partial charge in [-0.05, 0) is 41.2 Å². The molecule has 1 aliphatic rings. The maximum absolute atomic E-state index is 14.2. The van der Waals surface area contributed by atoms with Crippen LogP contribution in [0, 0.1) is 0 Å². The molecule has 2 aromatic rings. The molecule has 1 fully saturated rings. The van der Waals surface area contributed by atoms with Gasteiger partial charge in [0.2, 0.25) is 5.91 Å². The monoisotopic (exact) mass is 378 g/mol. The van der Waals surface area contributed by atoms with Crippen LogP contribution in [-0.2, 0) is 10.2 Å². The van der Waals surface area contributed by atoms with E-state index >= 15 is 0 Å². The Morgan fingerprint density at radius 1 is 1.04 bits per heavy atom. The first-order valence-corrected chi connectivity index (χ1v) is 9.00. The fourth-order valence-corrected chi connectivity index (χ4v) is 3.91. The Labute approximate surface area is 157 Å². The molecule has 2 aromatic carbocycles. The van der Waals surface area contributed by atoms with Gasteiger partial charge in [0.15, 0.2) is 6.04 Å². The SMILES string of the molecule is CC(C)(C)c1cccc2c([C@H](N3NC(=O)CC3(C)C)C(F)(F)F)cccc12. The van der Waals surface area contributed by atoms with Gasteiger partial charge in [-0.2, -0.15) is 18.2 Å². The number of fused-ring (bicyclic) bond motifs is 1. The van der Waals surface area contributed by atoms with Crippen LogP contribution < -0.4 is 5.43 Å². The summed E-state index contributed by atoms with van der Waals surface area (Å²) in [5.74, 6) is -0.398.